The van der Waals surface area contributed by atoms with Gasteiger partial charge in [0.25, 0.3) is 0 Å². The molecule has 7 nitrogen and oxygen atoms in total. The minimum atomic E-state index is -3.94. The quantitative estimate of drug-likeness (QED) is 0.702. The number of hydrogen-bond acceptors (Lipinski definition) is 5. The monoisotopic (exact) mass is 384 g/mol. The van der Waals surface area contributed by atoms with Crippen molar-refractivity contribution in [3.63, 3.8) is 0 Å². The maximum Gasteiger partial charge on any atom is 0.330 e. The van der Waals surface area contributed by atoms with E-state index in [9.17, 15) is 13.5 Å². The van der Waals surface area contributed by atoms with Crippen molar-refractivity contribution in [3.05, 3.63) is 84.8 Å². The van der Waals surface area contributed by atoms with Crippen LogP contribution >= 0.6 is 0 Å². The molecule has 1 aliphatic heterocycles. The van der Waals surface area contributed by atoms with Gasteiger partial charge in [-0.05, 0) is 29.3 Å². The van der Waals surface area contributed by atoms with Gasteiger partial charge in [-0.3, -0.25) is 0 Å². The van der Waals surface area contributed by atoms with Gasteiger partial charge >= 0.3 is 10.2 Å². The number of ether oxygens (including phenoxy) is 1. The molecule has 0 radical (unpaired) electrons. The van der Waals surface area contributed by atoms with E-state index in [0.29, 0.717) is 5.75 Å². The van der Waals surface area contributed by atoms with Crippen LogP contribution in [0.2, 0.25) is 0 Å². The van der Waals surface area contributed by atoms with E-state index in [4.69, 9.17) is 9.15 Å². The lowest BCUT2D eigenvalue weighted by atomic mass is 10.1. The normalized spacial score (nSPS) is 15.3. The molecule has 0 spiro atoms. The summed E-state index contributed by atoms with van der Waals surface area (Å²) in [5, 5.41) is 9.62. The Morgan fingerprint density at radius 2 is 1.89 bits per heavy atom. The molecule has 1 aromatic heterocycles. The molecule has 8 heteroatoms. The third kappa shape index (κ3) is 3.47. The smallest absolute Gasteiger partial charge is 0.330 e. The highest BCUT2D eigenvalue weighted by Gasteiger charge is 2.31. The SMILES string of the molecule is O=S1(=O)NC(O)=CN1c1cc(-c2ccoc2)ccc1OCc1ccccc1. The van der Waals surface area contributed by atoms with E-state index in [-0.39, 0.29) is 12.3 Å². The van der Waals surface area contributed by atoms with Gasteiger partial charge in [0, 0.05) is 5.56 Å². The summed E-state index contributed by atoms with van der Waals surface area (Å²) in [6.45, 7) is 0.274. The second-order valence-electron chi connectivity index (χ2n) is 5.89. The van der Waals surface area contributed by atoms with E-state index < -0.39 is 16.1 Å². The lowest BCUT2D eigenvalue weighted by Gasteiger charge is -2.19. The van der Waals surface area contributed by atoms with Crippen molar-refractivity contribution in [2.45, 2.75) is 6.61 Å². The third-order valence-electron chi connectivity index (χ3n) is 4.02. The number of rotatable bonds is 5. The predicted octanol–water partition coefficient (Wildman–Crippen LogP) is 3.54. The van der Waals surface area contributed by atoms with Crippen LogP contribution < -0.4 is 13.8 Å². The van der Waals surface area contributed by atoms with Crippen molar-refractivity contribution in [1.82, 2.24) is 4.72 Å². The Kier molecular flexibility index (Phi) is 4.25. The fourth-order valence-electron chi connectivity index (χ4n) is 2.74. The molecule has 0 unspecified atom stereocenters. The van der Waals surface area contributed by atoms with Gasteiger partial charge in [0.1, 0.15) is 18.0 Å². The molecule has 0 amide bonds. The summed E-state index contributed by atoms with van der Waals surface area (Å²) in [4.78, 5) is 0. The molecule has 2 N–H and O–H groups in total. The first kappa shape index (κ1) is 17.0. The number of nitrogens with one attached hydrogen (secondary N) is 1. The number of anilines is 1. The Balaban J connectivity index is 1.74. The van der Waals surface area contributed by atoms with Gasteiger partial charge in [0.2, 0.25) is 5.88 Å². The number of benzene rings is 2. The second kappa shape index (κ2) is 6.73. The predicted molar refractivity (Wildman–Crippen MR) is 100 cm³/mol. The molecular formula is C19H16N2O5S. The molecule has 2 aromatic carbocycles. The van der Waals surface area contributed by atoms with Crippen molar-refractivity contribution in [1.29, 1.82) is 0 Å². The zero-order chi connectivity index (χ0) is 18.9. The van der Waals surface area contributed by atoms with Crippen LogP contribution in [0.15, 0.2) is 83.6 Å². The van der Waals surface area contributed by atoms with Crippen LogP contribution in [0.5, 0.6) is 5.75 Å². The Bertz CT molecular complexity index is 1080. The van der Waals surface area contributed by atoms with Gasteiger partial charge in [-0.2, -0.15) is 8.42 Å². The van der Waals surface area contributed by atoms with Crippen LogP contribution in [-0.4, -0.2) is 13.5 Å². The molecule has 138 valence electrons. The number of aliphatic hydroxyl groups is 1. The lowest BCUT2D eigenvalue weighted by Crippen LogP contribution is -2.29. The van der Waals surface area contributed by atoms with E-state index >= 15 is 0 Å². The van der Waals surface area contributed by atoms with Gasteiger partial charge < -0.3 is 14.3 Å². The van der Waals surface area contributed by atoms with E-state index in [2.05, 4.69) is 0 Å². The molecular weight excluding hydrogens is 368 g/mol. The standard InChI is InChI=1S/C19H16N2O5S/c22-19-11-21(27(23,24)20-19)17-10-15(16-8-9-25-13-16)6-7-18(17)26-12-14-4-2-1-3-5-14/h1-11,13,20,22H,12H2. The molecule has 3 aromatic rings. The summed E-state index contributed by atoms with van der Waals surface area (Å²) in [5.74, 6) is -0.0971. The summed E-state index contributed by atoms with van der Waals surface area (Å²) < 4.78 is 38.6. The number of furan rings is 1. The molecule has 1 aliphatic rings. The van der Waals surface area contributed by atoms with Gasteiger partial charge in [-0.15, -0.1) is 0 Å². The maximum absolute atomic E-state index is 12.3. The van der Waals surface area contributed by atoms with Crippen molar-refractivity contribution < 1.29 is 22.7 Å². The highest BCUT2D eigenvalue weighted by Crippen LogP contribution is 2.37. The Labute approximate surface area is 156 Å². The first-order chi connectivity index (χ1) is 13.0. The van der Waals surface area contributed by atoms with Crippen molar-refractivity contribution in [2.24, 2.45) is 0 Å². The zero-order valence-electron chi connectivity index (χ0n) is 14.1. The van der Waals surface area contributed by atoms with Crippen molar-refractivity contribution in [3.8, 4) is 16.9 Å². The molecule has 4 rings (SSSR count). The van der Waals surface area contributed by atoms with Crippen LogP contribution in [0.3, 0.4) is 0 Å². The van der Waals surface area contributed by atoms with Gasteiger partial charge in [-0.25, -0.2) is 9.03 Å². The molecule has 0 saturated heterocycles. The molecule has 27 heavy (non-hydrogen) atoms. The van der Waals surface area contributed by atoms with E-state index in [1.54, 1.807) is 24.5 Å². The first-order valence-electron chi connectivity index (χ1n) is 8.09. The Morgan fingerprint density at radius 1 is 1.07 bits per heavy atom. The van der Waals surface area contributed by atoms with Gasteiger partial charge in [0.15, 0.2) is 0 Å². The minimum Gasteiger partial charge on any atom is -0.493 e. The summed E-state index contributed by atoms with van der Waals surface area (Å²) in [6.07, 6.45) is 4.20. The highest BCUT2D eigenvalue weighted by atomic mass is 32.2. The fourth-order valence-corrected chi connectivity index (χ4v) is 3.80. The van der Waals surface area contributed by atoms with Crippen LogP contribution in [0.4, 0.5) is 5.69 Å². The van der Waals surface area contributed by atoms with Crippen molar-refractivity contribution in [2.75, 3.05) is 4.31 Å². The van der Waals surface area contributed by atoms with Gasteiger partial charge in [-0.1, -0.05) is 36.4 Å². The van der Waals surface area contributed by atoms with Crippen LogP contribution in [0, 0.1) is 0 Å². The van der Waals surface area contributed by atoms with E-state index in [0.717, 1.165) is 27.2 Å². The van der Waals surface area contributed by atoms with Crippen LogP contribution in [0.25, 0.3) is 11.1 Å². The van der Waals surface area contributed by atoms with Gasteiger partial charge in [0.05, 0.1) is 18.7 Å². The lowest BCUT2D eigenvalue weighted by molar-refractivity contribution is 0.307. The molecule has 0 fully saturated rings. The topological polar surface area (TPSA) is 92.0 Å². The second-order valence-corrected chi connectivity index (χ2v) is 7.43. The molecule has 0 saturated carbocycles. The van der Waals surface area contributed by atoms with Crippen molar-refractivity contribution >= 4 is 15.9 Å². The van der Waals surface area contributed by atoms with Crippen LogP contribution in [-0.2, 0) is 16.8 Å². The number of nitrogens with zero attached hydrogens (tertiary/aromatic N) is 1. The van der Waals surface area contributed by atoms with E-state index in [1.807, 2.05) is 41.1 Å². The number of aliphatic hydroxyl groups excluding tert-OH is 1. The largest absolute Gasteiger partial charge is 0.493 e. The summed E-state index contributed by atoms with van der Waals surface area (Å²) in [6, 6.07) is 16.5. The molecule has 2 heterocycles. The summed E-state index contributed by atoms with van der Waals surface area (Å²) >= 11 is 0. The average molecular weight is 384 g/mol. The van der Waals surface area contributed by atoms with E-state index in [1.165, 1.54) is 6.26 Å². The summed E-state index contributed by atoms with van der Waals surface area (Å²) in [5.41, 5.74) is 2.77. The molecule has 0 atom stereocenters. The number of hydrogen-bond donors (Lipinski definition) is 2. The highest BCUT2D eigenvalue weighted by molar-refractivity contribution is 7.91. The third-order valence-corrected chi connectivity index (χ3v) is 5.31. The maximum atomic E-state index is 12.3. The fraction of sp³-hybridized carbons (Fsp3) is 0.0526. The molecule has 0 aliphatic carbocycles. The zero-order valence-corrected chi connectivity index (χ0v) is 14.9. The minimum absolute atomic E-state index is 0.274. The Hall–Kier alpha value is -3.39. The first-order valence-corrected chi connectivity index (χ1v) is 9.53. The summed E-state index contributed by atoms with van der Waals surface area (Å²) in [7, 11) is -3.94. The molecule has 0 bridgehead atoms. The van der Waals surface area contributed by atoms with Crippen LogP contribution in [0.1, 0.15) is 5.56 Å². The Morgan fingerprint density at radius 3 is 2.56 bits per heavy atom. The average Bonchev–Trinajstić information content (AvgIpc) is 3.28.